The monoisotopic (exact) mass is 558 g/mol. The Hall–Kier alpha value is -3.90. The van der Waals surface area contributed by atoms with Crippen molar-refractivity contribution in [3.05, 3.63) is 59.3 Å². The highest BCUT2D eigenvalue weighted by molar-refractivity contribution is 7.89. The zero-order valence-corrected chi connectivity index (χ0v) is 23.8. The minimum absolute atomic E-state index is 0.0280. The molecule has 1 heterocycles. The van der Waals surface area contributed by atoms with Gasteiger partial charge in [0.2, 0.25) is 15.9 Å². The number of carboxylic acids is 1. The van der Waals surface area contributed by atoms with Crippen LogP contribution in [0.2, 0.25) is 0 Å². The van der Waals surface area contributed by atoms with E-state index in [-0.39, 0.29) is 51.5 Å². The molecular weight excluding hydrogens is 524 g/mol. The molecule has 11 nitrogen and oxygen atoms in total. The van der Waals surface area contributed by atoms with Crippen LogP contribution in [0.3, 0.4) is 0 Å². The predicted octanol–water partition coefficient (Wildman–Crippen LogP) is 4.63. The van der Waals surface area contributed by atoms with E-state index in [2.05, 4.69) is 15.1 Å². The lowest BCUT2D eigenvalue weighted by Gasteiger charge is -2.23. The molecular formula is C27H34N4O7S. The van der Waals surface area contributed by atoms with Crippen LogP contribution in [0.4, 0.5) is 5.69 Å². The second kappa shape index (κ2) is 11.5. The zero-order valence-electron chi connectivity index (χ0n) is 23.0. The van der Waals surface area contributed by atoms with Crippen LogP contribution >= 0.6 is 0 Å². The maximum absolute atomic E-state index is 13.4. The van der Waals surface area contributed by atoms with Crippen LogP contribution in [-0.2, 0) is 15.6 Å². The summed E-state index contributed by atoms with van der Waals surface area (Å²) in [5.74, 6) is -1.31. The summed E-state index contributed by atoms with van der Waals surface area (Å²) in [5.41, 5.74) is -0.165. The highest BCUT2D eigenvalue weighted by Gasteiger charge is 2.30. The summed E-state index contributed by atoms with van der Waals surface area (Å²) < 4.78 is 42.1. The normalized spacial score (nSPS) is 11.9. The molecule has 3 rings (SSSR count). The number of ether oxygens (including phenoxy) is 2. The number of para-hydroxylation sites is 1. The van der Waals surface area contributed by atoms with E-state index in [4.69, 9.17) is 9.47 Å². The second-order valence-corrected chi connectivity index (χ2v) is 12.1. The smallest absolute Gasteiger partial charge is 0.356 e. The number of rotatable bonds is 10. The first kappa shape index (κ1) is 29.7. The second-order valence-electron chi connectivity index (χ2n) is 10.3. The van der Waals surface area contributed by atoms with Crippen molar-refractivity contribution in [1.82, 2.24) is 14.5 Å². The number of carbonyl (C=O) groups is 2. The molecule has 0 bridgehead atoms. The van der Waals surface area contributed by atoms with Gasteiger partial charge in [-0.25, -0.2) is 22.6 Å². The van der Waals surface area contributed by atoms with E-state index in [0.29, 0.717) is 5.75 Å². The van der Waals surface area contributed by atoms with Gasteiger partial charge < -0.3 is 19.9 Å². The first-order valence-corrected chi connectivity index (χ1v) is 13.7. The lowest BCUT2D eigenvalue weighted by atomic mass is 10.1. The molecule has 210 valence electrons. The fourth-order valence-corrected chi connectivity index (χ4v) is 4.99. The van der Waals surface area contributed by atoms with Gasteiger partial charge in [-0.05, 0) is 63.9 Å². The Morgan fingerprint density at radius 1 is 1.10 bits per heavy atom. The van der Waals surface area contributed by atoms with Gasteiger partial charge in [-0.2, -0.15) is 5.10 Å². The average molecular weight is 559 g/mol. The molecule has 3 aromatic rings. The number of hydrogen-bond donors (Lipinski definition) is 3. The Labute approximate surface area is 228 Å². The molecule has 3 N–H and O–H groups in total. The molecule has 0 saturated carbocycles. The molecule has 0 fully saturated rings. The maximum Gasteiger partial charge on any atom is 0.356 e. The summed E-state index contributed by atoms with van der Waals surface area (Å²) in [4.78, 5) is 24.5. The quantitative estimate of drug-likeness (QED) is 0.326. The van der Waals surface area contributed by atoms with Gasteiger partial charge in [-0.15, -0.1) is 0 Å². The lowest BCUT2D eigenvalue weighted by Crippen LogP contribution is -2.28. The van der Waals surface area contributed by atoms with Gasteiger partial charge in [0.1, 0.15) is 16.4 Å². The van der Waals surface area contributed by atoms with Crippen molar-refractivity contribution in [1.29, 1.82) is 0 Å². The predicted molar refractivity (Wildman–Crippen MR) is 146 cm³/mol. The molecule has 0 spiro atoms. The van der Waals surface area contributed by atoms with Crippen molar-refractivity contribution < 1.29 is 32.6 Å². The summed E-state index contributed by atoms with van der Waals surface area (Å²) in [6.45, 7) is 10.9. The Balaban J connectivity index is 2.11. The molecule has 1 amide bonds. The van der Waals surface area contributed by atoms with Crippen LogP contribution in [0.15, 0.2) is 47.4 Å². The number of aromatic carboxylic acids is 1. The van der Waals surface area contributed by atoms with Crippen molar-refractivity contribution in [2.75, 3.05) is 19.0 Å². The van der Waals surface area contributed by atoms with E-state index >= 15 is 0 Å². The largest absolute Gasteiger partial charge is 0.496 e. The van der Waals surface area contributed by atoms with Crippen molar-refractivity contribution in [3.63, 3.8) is 0 Å². The van der Waals surface area contributed by atoms with Crippen molar-refractivity contribution in [2.45, 2.75) is 52.0 Å². The number of nitrogens with zero attached hydrogens (tertiary/aromatic N) is 2. The van der Waals surface area contributed by atoms with E-state index in [1.54, 1.807) is 31.2 Å². The molecule has 0 aliphatic carbocycles. The molecule has 0 radical (unpaired) electrons. The van der Waals surface area contributed by atoms with Crippen molar-refractivity contribution in [3.8, 4) is 17.4 Å². The molecule has 0 atom stereocenters. The number of benzene rings is 2. The topological polar surface area (TPSA) is 149 Å². The van der Waals surface area contributed by atoms with E-state index in [9.17, 15) is 23.1 Å². The Kier molecular flexibility index (Phi) is 8.71. The van der Waals surface area contributed by atoms with Gasteiger partial charge in [0.05, 0.1) is 18.2 Å². The Morgan fingerprint density at radius 3 is 2.36 bits per heavy atom. The molecule has 39 heavy (non-hydrogen) atoms. The van der Waals surface area contributed by atoms with Gasteiger partial charge in [-0.1, -0.05) is 26.0 Å². The lowest BCUT2D eigenvalue weighted by molar-refractivity contribution is 0.0687. The van der Waals surface area contributed by atoms with Crippen LogP contribution in [0.5, 0.6) is 17.4 Å². The van der Waals surface area contributed by atoms with Crippen molar-refractivity contribution in [2.24, 2.45) is 5.92 Å². The molecule has 12 heteroatoms. The fraction of sp³-hybridized carbons (Fsp3) is 0.370. The molecule has 0 aliphatic rings. The van der Waals surface area contributed by atoms with Crippen LogP contribution in [0.1, 0.15) is 61.0 Å². The van der Waals surface area contributed by atoms with Crippen LogP contribution < -0.4 is 19.5 Å². The SMILES string of the molecule is COc1ccccc1C(=O)Nc1ccc(Oc2c(C)c(C(=O)O)nn2C(C)(C)C)c(S(=O)(=O)NCC(C)C)c1. The number of hydrogen-bond acceptors (Lipinski definition) is 7. The van der Waals surface area contributed by atoms with Crippen LogP contribution in [0.25, 0.3) is 0 Å². The number of methoxy groups -OCH3 is 1. The summed E-state index contributed by atoms with van der Waals surface area (Å²) in [6.07, 6.45) is 0. The first-order valence-electron chi connectivity index (χ1n) is 12.2. The fourth-order valence-electron chi connectivity index (χ4n) is 3.63. The number of carboxylic acid groups (broad SMARTS) is 1. The number of sulfonamides is 1. The third-order valence-electron chi connectivity index (χ3n) is 5.64. The number of carbonyl (C=O) groups excluding carboxylic acids is 1. The van der Waals surface area contributed by atoms with E-state index < -0.39 is 27.4 Å². The summed E-state index contributed by atoms with van der Waals surface area (Å²) in [5, 5.41) is 16.5. The number of amides is 1. The van der Waals surface area contributed by atoms with E-state index in [1.165, 1.54) is 30.0 Å². The molecule has 2 aromatic carbocycles. The minimum atomic E-state index is -4.11. The van der Waals surface area contributed by atoms with Gasteiger partial charge in [0.15, 0.2) is 5.69 Å². The van der Waals surface area contributed by atoms with Crippen LogP contribution in [-0.4, -0.2) is 48.8 Å². The van der Waals surface area contributed by atoms with Gasteiger partial charge in [-0.3, -0.25) is 4.79 Å². The zero-order chi connectivity index (χ0) is 29.1. The molecule has 0 saturated heterocycles. The third kappa shape index (κ3) is 6.76. The third-order valence-corrected chi connectivity index (χ3v) is 7.08. The van der Waals surface area contributed by atoms with Crippen LogP contribution in [0, 0.1) is 12.8 Å². The average Bonchev–Trinajstić information content (AvgIpc) is 3.20. The van der Waals surface area contributed by atoms with Gasteiger partial charge in [0.25, 0.3) is 5.91 Å². The molecule has 1 aromatic heterocycles. The van der Waals surface area contributed by atoms with E-state index in [0.717, 1.165) is 0 Å². The standard InChI is InChI=1S/C27H34N4O7S/c1-16(2)15-28-39(35,36)22-14-18(29-24(32)19-10-8-9-11-20(19)37-7)12-13-21(22)38-25-17(3)23(26(33)34)30-31(25)27(4,5)6/h8-14,16,28H,15H2,1-7H3,(H,29,32)(H,33,34). The summed E-state index contributed by atoms with van der Waals surface area (Å²) in [7, 11) is -2.66. The highest BCUT2D eigenvalue weighted by atomic mass is 32.2. The molecule has 0 aliphatic heterocycles. The Bertz CT molecular complexity index is 1490. The highest BCUT2D eigenvalue weighted by Crippen LogP contribution is 2.36. The molecule has 0 unspecified atom stereocenters. The Morgan fingerprint density at radius 2 is 1.77 bits per heavy atom. The number of anilines is 1. The summed E-state index contributed by atoms with van der Waals surface area (Å²) in [6, 6.07) is 10.8. The van der Waals surface area contributed by atoms with Gasteiger partial charge >= 0.3 is 5.97 Å². The van der Waals surface area contributed by atoms with Crippen molar-refractivity contribution >= 4 is 27.6 Å². The van der Waals surface area contributed by atoms with E-state index in [1.807, 2.05) is 34.6 Å². The maximum atomic E-state index is 13.4. The summed E-state index contributed by atoms with van der Waals surface area (Å²) >= 11 is 0. The van der Waals surface area contributed by atoms with Gasteiger partial charge in [0, 0.05) is 17.8 Å². The number of nitrogens with one attached hydrogen (secondary N) is 2. The first-order chi connectivity index (χ1) is 18.2. The number of aromatic nitrogens is 2. The minimum Gasteiger partial charge on any atom is -0.496 e.